The second-order valence-electron chi connectivity index (χ2n) is 9.05. The molecule has 0 fully saturated rings. The van der Waals surface area contributed by atoms with Crippen LogP contribution in [-0.2, 0) is 0 Å². The van der Waals surface area contributed by atoms with Crippen LogP contribution in [0.4, 0.5) is 0 Å². The van der Waals surface area contributed by atoms with Gasteiger partial charge in [0, 0.05) is 5.56 Å². The van der Waals surface area contributed by atoms with Crippen LogP contribution in [0.1, 0.15) is 20.8 Å². The molecule has 0 saturated carbocycles. The normalized spacial score (nSPS) is 12.5. The quantitative estimate of drug-likeness (QED) is 0.325. The molecule has 0 aliphatic heterocycles. The van der Waals surface area contributed by atoms with Gasteiger partial charge in [0.2, 0.25) is 0 Å². The van der Waals surface area contributed by atoms with Crippen molar-refractivity contribution in [3.8, 4) is 16.9 Å². The molecule has 1 nitrogen and oxygen atoms in total. The largest absolute Gasteiger partial charge is 0.543 e. The van der Waals surface area contributed by atoms with Crippen LogP contribution in [0.15, 0.2) is 78.9 Å². The minimum Gasteiger partial charge on any atom is -0.543 e. The lowest BCUT2D eigenvalue weighted by Crippen LogP contribution is -2.44. The first-order valence-electron chi connectivity index (χ1n) is 9.97. The van der Waals surface area contributed by atoms with Crippen molar-refractivity contribution in [3.63, 3.8) is 0 Å². The van der Waals surface area contributed by atoms with Gasteiger partial charge in [-0.3, -0.25) is 0 Å². The lowest BCUT2D eigenvalue weighted by Gasteiger charge is -2.37. The predicted octanol–water partition coefficient (Wildman–Crippen LogP) is 8.04. The van der Waals surface area contributed by atoms with Gasteiger partial charge < -0.3 is 4.43 Å². The average molecular weight is 385 g/mol. The van der Waals surface area contributed by atoms with Crippen LogP contribution in [-0.4, -0.2) is 8.32 Å². The van der Waals surface area contributed by atoms with Gasteiger partial charge in [0.05, 0.1) is 0 Å². The lowest BCUT2D eigenvalue weighted by molar-refractivity contribution is 0.494. The maximum atomic E-state index is 6.85. The summed E-state index contributed by atoms with van der Waals surface area (Å²) in [6, 6.07) is 28.1. The van der Waals surface area contributed by atoms with Crippen LogP contribution >= 0.6 is 0 Å². The van der Waals surface area contributed by atoms with Crippen molar-refractivity contribution in [2.24, 2.45) is 0 Å². The molecule has 0 radical (unpaired) electrons. The summed E-state index contributed by atoms with van der Waals surface area (Å²) in [7, 11) is -1.96. The zero-order valence-electron chi connectivity index (χ0n) is 17.4. The van der Waals surface area contributed by atoms with E-state index in [1.165, 1.54) is 32.7 Å². The number of hydrogen-bond acceptors (Lipinski definition) is 1. The van der Waals surface area contributed by atoms with Crippen LogP contribution in [0.3, 0.4) is 0 Å². The van der Waals surface area contributed by atoms with E-state index in [0.29, 0.717) is 0 Å². The third-order valence-corrected chi connectivity index (χ3v) is 10.5. The van der Waals surface area contributed by atoms with E-state index in [-0.39, 0.29) is 5.04 Å². The molecule has 0 aliphatic carbocycles. The average Bonchev–Trinajstić information content (AvgIpc) is 2.66. The van der Waals surface area contributed by atoms with Crippen LogP contribution in [0, 0.1) is 0 Å². The highest BCUT2D eigenvalue weighted by Gasteiger charge is 2.39. The van der Waals surface area contributed by atoms with Crippen LogP contribution in [0.5, 0.6) is 5.75 Å². The van der Waals surface area contributed by atoms with E-state index in [9.17, 15) is 0 Å². The molecule has 4 rings (SSSR count). The molecule has 0 N–H and O–H groups in total. The van der Waals surface area contributed by atoms with E-state index in [1.54, 1.807) is 0 Å². The Kier molecular flexibility index (Phi) is 4.55. The minimum atomic E-state index is -1.96. The standard InChI is InChI=1S/C26H28OSi/c1-26(2,3)28(4,5)27-24-18-17-20-12-7-9-15-22(20)25(24)23-16-10-13-19-11-6-8-14-21(19)23/h6-18H,1-5H3. The summed E-state index contributed by atoms with van der Waals surface area (Å²) >= 11 is 0. The maximum Gasteiger partial charge on any atom is 0.250 e. The van der Waals surface area contributed by atoms with Crippen molar-refractivity contribution < 1.29 is 4.43 Å². The molecule has 4 aromatic rings. The summed E-state index contributed by atoms with van der Waals surface area (Å²) in [6.07, 6.45) is 0. The third-order valence-electron chi connectivity index (χ3n) is 6.12. The zero-order valence-corrected chi connectivity index (χ0v) is 18.4. The summed E-state index contributed by atoms with van der Waals surface area (Å²) in [5.41, 5.74) is 2.45. The van der Waals surface area contributed by atoms with Gasteiger partial charge in [-0.2, -0.15) is 0 Å². The van der Waals surface area contributed by atoms with Gasteiger partial charge in [-0.1, -0.05) is 93.6 Å². The molecule has 0 aliphatic rings. The highest BCUT2D eigenvalue weighted by molar-refractivity contribution is 6.74. The minimum absolute atomic E-state index is 0.147. The molecule has 0 amide bonds. The van der Waals surface area contributed by atoms with Gasteiger partial charge in [0.15, 0.2) is 0 Å². The fraction of sp³-hybridized carbons (Fsp3) is 0.231. The van der Waals surface area contributed by atoms with E-state index >= 15 is 0 Å². The van der Waals surface area contributed by atoms with Gasteiger partial charge in [-0.05, 0) is 51.3 Å². The van der Waals surface area contributed by atoms with Crippen molar-refractivity contribution in [1.82, 2.24) is 0 Å². The van der Waals surface area contributed by atoms with E-state index in [1.807, 2.05) is 0 Å². The molecule has 0 unspecified atom stereocenters. The summed E-state index contributed by atoms with van der Waals surface area (Å²) < 4.78 is 6.85. The molecular formula is C26H28OSi. The van der Waals surface area contributed by atoms with Crippen molar-refractivity contribution in [3.05, 3.63) is 78.9 Å². The van der Waals surface area contributed by atoms with Gasteiger partial charge in [0.1, 0.15) is 5.75 Å². The summed E-state index contributed by atoms with van der Waals surface area (Å²) in [4.78, 5) is 0. The Balaban J connectivity index is 2.03. The van der Waals surface area contributed by atoms with Crippen molar-refractivity contribution in [1.29, 1.82) is 0 Å². The third kappa shape index (κ3) is 3.22. The molecule has 0 aromatic heterocycles. The van der Waals surface area contributed by atoms with Gasteiger partial charge in [0.25, 0.3) is 8.32 Å². The SMILES string of the molecule is CC(C)(C)[Si](C)(C)Oc1ccc2ccccc2c1-c1cccc2ccccc12. The van der Waals surface area contributed by atoms with Crippen molar-refractivity contribution >= 4 is 29.9 Å². The summed E-state index contributed by atoms with van der Waals surface area (Å²) in [5, 5.41) is 5.16. The van der Waals surface area contributed by atoms with Crippen molar-refractivity contribution in [2.75, 3.05) is 0 Å². The van der Waals surface area contributed by atoms with E-state index in [4.69, 9.17) is 4.43 Å². The number of hydrogen-bond donors (Lipinski definition) is 0. The van der Waals surface area contributed by atoms with Gasteiger partial charge in [-0.25, -0.2) is 0 Å². The summed E-state index contributed by atoms with van der Waals surface area (Å²) in [6.45, 7) is 11.5. The fourth-order valence-corrected chi connectivity index (χ4v) is 4.51. The zero-order chi connectivity index (χ0) is 19.9. The highest BCUT2D eigenvalue weighted by Crippen LogP contribution is 2.44. The molecule has 0 saturated heterocycles. The maximum absolute atomic E-state index is 6.85. The molecular weight excluding hydrogens is 356 g/mol. The molecule has 142 valence electrons. The summed E-state index contributed by atoms with van der Waals surface area (Å²) in [5.74, 6) is 1.00. The highest BCUT2D eigenvalue weighted by atomic mass is 28.4. The number of benzene rings is 4. The smallest absolute Gasteiger partial charge is 0.250 e. The molecule has 0 bridgehead atoms. The molecule has 0 heterocycles. The Hall–Kier alpha value is -2.58. The topological polar surface area (TPSA) is 9.23 Å². The van der Waals surface area contributed by atoms with Crippen LogP contribution in [0.2, 0.25) is 18.1 Å². The van der Waals surface area contributed by atoms with Gasteiger partial charge in [-0.15, -0.1) is 0 Å². The lowest BCUT2D eigenvalue weighted by atomic mass is 9.93. The second kappa shape index (κ2) is 6.79. The molecule has 28 heavy (non-hydrogen) atoms. The Labute approximate surface area is 169 Å². The number of fused-ring (bicyclic) bond motifs is 2. The van der Waals surface area contributed by atoms with Gasteiger partial charge >= 0.3 is 0 Å². The second-order valence-corrected chi connectivity index (χ2v) is 13.8. The van der Waals surface area contributed by atoms with Crippen LogP contribution in [0.25, 0.3) is 32.7 Å². The fourth-order valence-electron chi connectivity index (χ4n) is 3.49. The molecule has 2 heteroatoms. The first-order valence-corrected chi connectivity index (χ1v) is 12.9. The number of rotatable bonds is 3. The Bertz CT molecular complexity index is 1150. The first-order chi connectivity index (χ1) is 13.3. The van der Waals surface area contributed by atoms with Crippen molar-refractivity contribution in [2.45, 2.75) is 38.9 Å². The molecule has 0 spiro atoms. The molecule has 0 atom stereocenters. The Morgan fingerprint density at radius 1 is 0.643 bits per heavy atom. The van der Waals surface area contributed by atoms with E-state index in [2.05, 4.69) is 113 Å². The van der Waals surface area contributed by atoms with E-state index < -0.39 is 8.32 Å². The van der Waals surface area contributed by atoms with E-state index in [0.717, 1.165) is 5.75 Å². The Morgan fingerprint density at radius 3 is 1.89 bits per heavy atom. The predicted molar refractivity (Wildman–Crippen MR) is 125 cm³/mol. The van der Waals surface area contributed by atoms with Crippen LogP contribution < -0.4 is 4.43 Å². The monoisotopic (exact) mass is 384 g/mol. The molecule has 4 aromatic carbocycles. The first kappa shape index (κ1) is 18.8. The Morgan fingerprint density at radius 2 is 1.21 bits per heavy atom.